The zero-order valence-corrected chi connectivity index (χ0v) is 9.98. The van der Waals surface area contributed by atoms with Crippen molar-refractivity contribution in [3.8, 4) is 0 Å². The van der Waals surface area contributed by atoms with Crippen molar-refractivity contribution in [1.29, 1.82) is 0 Å². The fourth-order valence-electron chi connectivity index (χ4n) is 1.62. The molecule has 0 aromatic rings. The van der Waals surface area contributed by atoms with Gasteiger partial charge in [-0.2, -0.15) is 0 Å². The number of aliphatic hydroxyl groups is 1. The molecule has 0 aromatic carbocycles. The number of methoxy groups -OCH3 is 1. The quantitative estimate of drug-likeness (QED) is 0.568. The van der Waals surface area contributed by atoms with Crippen LogP contribution in [0.4, 0.5) is 0 Å². The molecule has 1 heterocycles. The second-order valence-corrected chi connectivity index (χ2v) is 4.02. The second-order valence-electron chi connectivity index (χ2n) is 4.02. The van der Waals surface area contributed by atoms with Crippen molar-refractivity contribution in [1.82, 2.24) is 5.32 Å². The molecule has 0 radical (unpaired) electrons. The van der Waals surface area contributed by atoms with E-state index in [4.69, 9.17) is 14.2 Å². The first-order chi connectivity index (χ1) is 7.83. The van der Waals surface area contributed by atoms with Crippen molar-refractivity contribution < 1.29 is 19.3 Å². The molecule has 0 saturated carbocycles. The van der Waals surface area contributed by atoms with Gasteiger partial charge in [-0.15, -0.1) is 0 Å². The molecule has 1 rings (SSSR count). The topological polar surface area (TPSA) is 60.0 Å². The summed E-state index contributed by atoms with van der Waals surface area (Å²) >= 11 is 0. The van der Waals surface area contributed by atoms with Gasteiger partial charge in [-0.25, -0.2) is 0 Å². The summed E-state index contributed by atoms with van der Waals surface area (Å²) in [6.45, 7) is 3.68. The molecule has 0 aliphatic carbocycles. The van der Waals surface area contributed by atoms with E-state index in [9.17, 15) is 5.11 Å². The van der Waals surface area contributed by atoms with Crippen LogP contribution in [0.5, 0.6) is 0 Å². The van der Waals surface area contributed by atoms with Gasteiger partial charge in [-0.3, -0.25) is 0 Å². The molecule has 2 N–H and O–H groups in total. The number of nitrogens with one attached hydrogen (secondary N) is 1. The molecule has 1 aliphatic rings. The first kappa shape index (κ1) is 13.9. The Balaban J connectivity index is 1.94. The Kier molecular flexibility index (Phi) is 7.71. The van der Waals surface area contributed by atoms with Crippen molar-refractivity contribution in [2.24, 2.45) is 0 Å². The van der Waals surface area contributed by atoms with Gasteiger partial charge < -0.3 is 24.6 Å². The maximum Gasteiger partial charge on any atom is 0.0897 e. The summed E-state index contributed by atoms with van der Waals surface area (Å²) in [6, 6.07) is 0.474. The third-order valence-corrected chi connectivity index (χ3v) is 2.61. The van der Waals surface area contributed by atoms with Gasteiger partial charge in [-0.05, 0) is 12.8 Å². The van der Waals surface area contributed by atoms with E-state index < -0.39 is 6.10 Å². The molecule has 16 heavy (non-hydrogen) atoms. The highest BCUT2D eigenvalue weighted by atomic mass is 16.5. The van der Waals surface area contributed by atoms with Gasteiger partial charge in [0.15, 0.2) is 0 Å². The summed E-state index contributed by atoms with van der Waals surface area (Å²) < 4.78 is 15.3. The van der Waals surface area contributed by atoms with Gasteiger partial charge in [0, 0.05) is 32.9 Å². The Labute approximate surface area is 97.1 Å². The minimum absolute atomic E-state index is 0.361. The van der Waals surface area contributed by atoms with E-state index in [-0.39, 0.29) is 0 Å². The smallest absolute Gasteiger partial charge is 0.0897 e. The Hall–Kier alpha value is -0.200. The normalized spacial score (nSPS) is 19.9. The monoisotopic (exact) mass is 233 g/mol. The minimum Gasteiger partial charge on any atom is -0.389 e. The highest BCUT2D eigenvalue weighted by molar-refractivity contribution is 4.71. The summed E-state index contributed by atoms with van der Waals surface area (Å²) in [5.41, 5.74) is 0. The van der Waals surface area contributed by atoms with Crippen LogP contribution in [0.3, 0.4) is 0 Å². The third-order valence-electron chi connectivity index (χ3n) is 2.61. The largest absolute Gasteiger partial charge is 0.389 e. The summed E-state index contributed by atoms with van der Waals surface area (Å²) in [7, 11) is 1.63. The SMILES string of the molecule is COCCOCC(O)CNC1CCOCC1. The minimum atomic E-state index is -0.445. The van der Waals surface area contributed by atoms with Gasteiger partial charge in [0.05, 0.1) is 25.9 Å². The molecule has 1 fully saturated rings. The van der Waals surface area contributed by atoms with E-state index in [0.29, 0.717) is 32.4 Å². The van der Waals surface area contributed by atoms with E-state index in [1.807, 2.05) is 0 Å². The molecule has 1 aliphatic heterocycles. The molecule has 5 nitrogen and oxygen atoms in total. The van der Waals surface area contributed by atoms with Crippen molar-refractivity contribution in [2.75, 3.05) is 46.7 Å². The zero-order valence-electron chi connectivity index (χ0n) is 9.98. The second kappa shape index (κ2) is 8.90. The van der Waals surface area contributed by atoms with E-state index >= 15 is 0 Å². The lowest BCUT2D eigenvalue weighted by Gasteiger charge is -2.24. The molecule has 0 aromatic heterocycles. The molecular formula is C11H23NO4. The lowest BCUT2D eigenvalue weighted by molar-refractivity contribution is 0.0101. The van der Waals surface area contributed by atoms with Crippen molar-refractivity contribution in [3.05, 3.63) is 0 Å². The number of hydrogen-bond donors (Lipinski definition) is 2. The standard InChI is InChI=1S/C11H23NO4/c1-14-6-7-16-9-11(13)8-12-10-2-4-15-5-3-10/h10-13H,2-9H2,1H3. The molecule has 1 unspecified atom stereocenters. The van der Waals surface area contributed by atoms with Crippen LogP contribution < -0.4 is 5.32 Å². The van der Waals surface area contributed by atoms with Crippen LogP contribution in [0.25, 0.3) is 0 Å². The average Bonchev–Trinajstić information content (AvgIpc) is 2.33. The predicted molar refractivity (Wildman–Crippen MR) is 60.5 cm³/mol. The molecule has 0 amide bonds. The molecule has 0 spiro atoms. The fraction of sp³-hybridized carbons (Fsp3) is 1.00. The lowest BCUT2D eigenvalue weighted by Crippen LogP contribution is -2.40. The van der Waals surface area contributed by atoms with E-state index in [1.165, 1.54) is 0 Å². The number of hydrogen-bond acceptors (Lipinski definition) is 5. The van der Waals surface area contributed by atoms with Gasteiger partial charge in [0.1, 0.15) is 0 Å². The highest BCUT2D eigenvalue weighted by Gasteiger charge is 2.14. The summed E-state index contributed by atoms with van der Waals surface area (Å²) in [5, 5.41) is 12.9. The molecule has 1 atom stereocenters. The number of aliphatic hydroxyl groups excluding tert-OH is 1. The number of rotatable bonds is 8. The van der Waals surface area contributed by atoms with Gasteiger partial charge >= 0.3 is 0 Å². The van der Waals surface area contributed by atoms with Crippen LogP contribution in [-0.2, 0) is 14.2 Å². The van der Waals surface area contributed by atoms with Crippen molar-refractivity contribution in [2.45, 2.75) is 25.0 Å². The van der Waals surface area contributed by atoms with E-state index in [2.05, 4.69) is 5.32 Å². The summed E-state index contributed by atoms with van der Waals surface area (Å²) in [6.07, 6.45) is 1.61. The van der Waals surface area contributed by atoms with Crippen molar-refractivity contribution >= 4 is 0 Å². The van der Waals surface area contributed by atoms with E-state index in [1.54, 1.807) is 7.11 Å². The maximum atomic E-state index is 9.62. The summed E-state index contributed by atoms with van der Waals surface area (Å²) in [4.78, 5) is 0. The fourth-order valence-corrected chi connectivity index (χ4v) is 1.62. The van der Waals surface area contributed by atoms with Crippen LogP contribution in [0.2, 0.25) is 0 Å². The Morgan fingerprint density at radius 3 is 2.81 bits per heavy atom. The van der Waals surface area contributed by atoms with Gasteiger partial charge in [0.25, 0.3) is 0 Å². The van der Waals surface area contributed by atoms with Crippen LogP contribution in [0, 0.1) is 0 Å². The van der Waals surface area contributed by atoms with Crippen LogP contribution in [0.15, 0.2) is 0 Å². The average molecular weight is 233 g/mol. The van der Waals surface area contributed by atoms with Gasteiger partial charge in [-0.1, -0.05) is 0 Å². The van der Waals surface area contributed by atoms with Gasteiger partial charge in [0.2, 0.25) is 0 Å². The first-order valence-electron chi connectivity index (χ1n) is 5.89. The number of ether oxygens (including phenoxy) is 3. The highest BCUT2D eigenvalue weighted by Crippen LogP contribution is 2.05. The van der Waals surface area contributed by atoms with E-state index in [0.717, 1.165) is 26.1 Å². The predicted octanol–water partition coefficient (Wildman–Crippen LogP) is -0.221. The molecule has 5 heteroatoms. The first-order valence-corrected chi connectivity index (χ1v) is 5.89. The maximum absolute atomic E-state index is 9.62. The summed E-state index contributed by atoms with van der Waals surface area (Å²) in [5.74, 6) is 0. The van der Waals surface area contributed by atoms with Crippen LogP contribution >= 0.6 is 0 Å². The lowest BCUT2D eigenvalue weighted by atomic mass is 10.1. The van der Waals surface area contributed by atoms with Crippen LogP contribution in [0.1, 0.15) is 12.8 Å². The van der Waals surface area contributed by atoms with Crippen molar-refractivity contribution in [3.63, 3.8) is 0 Å². The molecular weight excluding hydrogens is 210 g/mol. The Bertz CT molecular complexity index is 162. The molecule has 1 saturated heterocycles. The van der Waals surface area contributed by atoms with Crippen LogP contribution in [-0.4, -0.2) is 63.9 Å². The zero-order chi connectivity index (χ0) is 11.6. The third kappa shape index (κ3) is 6.40. The molecule has 0 bridgehead atoms. The molecule has 96 valence electrons. The Morgan fingerprint density at radius 2 is 2.12 bits per heavy atom. The Morgan fingerprint density at radius 1 is 1.38 bits per heavy atom.